The molecule has 2 heterocycles. The maximum Gasteiger partial charge on any atom is 0.326 e. The van der Waals surface area contributed by atoms with Crippen molar-refractivity contribution >= 4 is 27.5 Å². The summed E-state index contributed by atoms with van der Waals surface area (Å²) in [5, 5.41) is 11.8. The Bertz CT molecular complexity index is 986. The van der Waals surface area contributed by atoms with Crippen LogP contribution in [0.2, 0.25) is 0 Å². The fourth-order valence-corrected chi connectivity index (χ4v) is 3.86. The molecule has 3 aromatic rings. The zero-order valence-corrected chi connectivity index (χ0v) is 15.3. The first-order valence-corrected chi connectivity index (χ1v) is 9.14. The van der Waals surface area contributed by atoms with Crippen LogP contribution in [0.3, 0.4) is 0 Å². The van der Waals surface area contributed by atoms with Crippen molar-refractivity contribution in [3.63, 3.8) is 0 Å². The number of thiophene rings is 1. The summed E-state index contributed by atoms with van der Waals surface area (Å²) in [5.41, 5.74) is 2.61. The van der Waals surface area contributed by atoms with Crippen molar-refractivity contribution < 1.29 is 9.90 Å². The lowest BCUT2D eigenvalue weighted by atomic mass is 10.0. The van der Waals surface area contributed by atoms with Crippen molar-refractivity contribution in [2.24, 2.45) is 0 Å². The molecule has 130 valence electrons. The fourth-order valence-electron chi connectivity index (χ4n) is 2.90. The molecular weight excluding hydrogens is 336 g/mol. The number of rotatable bonds is 5. The summed E-state index contributed by atoms with van der Waals surface area (Å²) in [5.74, 6) is -0.500. The Morgan fingerprint density at radius 3 is 2.60 bits per heavy atom. The first-order chi connectivity index (χ1) is 11.9. The normalized spacial score (nSPS) is 12.4. The summed E-state index contributed by atoms with van der Waals surface area (Å²) in [6.45, 7) is 5.52. The highest BCUT2D eigenvalue weighted by Crippen LogP contribution is 2.31. The summed E-state index contributed by atoms with van der Waals surface area (Å²) < 4.78 is 1.33. The standard InChI is InChI=1S/C19H20N2O3S/c1-4-5-15-20-17-16(18(22)21(15)12(3)19(23)24)14(10-25-17)13-8-6-11(2)7-9-13/h6-10,12H,4-5H2,1-3H3,(H,23,24). The van der Waals surface area contributed by atoms with Crippen LogP contribution in [0.15, 0.2) is 34.4 Å². The third-order valence-corrected chi connectivity index (χ3v) is 5.17. The van der Waals surface area contributed by atoms with E-state index in [-0.39, 0.29) is 5.56 Å². The summed E-state index contributed by atoms with van der Waals surface area (Å²) in [6, 6.07) is 6.99. The Morgan fingerprint density at radius 1 is 1.32 bits per heavy atom. The minimum Gasteiger partial charge on any atom is -0.480 e. The van der Waals surface area contributed by atoms with Crippen LogP contribution < -0.4 is 5.56 Å². The lowest BCUT2D eigenvalue weighted by molar-refractivity contribution is -0.140. The molecular formula is C19H20N2O3S. The average molecular weight is 356 g/mol. The Labute approximate surface area is 149 Å². The number of hydrogen-bond donors (Lipinski definition) is 1. The van der Waals surface area contributed by atoms with E-state index in [9.17, 15) is 14.7 Å². The Kier molecular flexibility index (Phi) is 4.72. The van der Waals surface area contributed by atoms with E-state index in [1.165, 1.54) is 22.8 Å². The molecule has 6 heteroatoms. The van der Waals surface area contributed by atoms with Crippen LogP contribution in [0.4, 0.5) is 0 Å². The quantitative estimate of drug-likeness (QED) is 0.749. The van der Waals surface area contributed by atoms with Gasteiger partial charge in [0.1, 0.15) is 16.7 Å². The molecule has 0 aliphatic rings. The molecule has 0 fully saturated rings. The van der Waals surface area contributed by atoms with Gasteiger partial charge in [-0.1, -0.05) is 36.8 Å². The summed E-state index contributed by atoms with van der Waals surface area (Å²) in [4.78, 5) is 29.9. The van der Waals surface area contributed by atoms with Crippen LogP contribution in [0.1, 0.15) is 37.7 Å². The van der Waals surface area contributed by atoms with E-state index in [4.69, 9.17) is 0 Å². The number of carboxylic acid groups (broad SMARTS) is 1. The van der Waals surface area contributed by atoms with Gasteiger partial charge in [0.05, 0.1) is 5.39 Å². The highest BCUT2D eigenvalue weighted by molar-refractivity contribution is 7.17. The van der Waals surface area contributed by atoms with E-state index in [1.54, 1.807) is 0 Å². The van der Waals surface area contributed by atoms with Crippen molar-refractivity contribution in [3.8, 4) is 11.1 Å². The maximum atomic E-state index is 13.2. The fraction of sp³-hybridized carbons (Fsp3) is 0.316. The first kappa shape index (κ1) is 17.4. The maximum absolute atomic E-state index is 13.2. The number of aromatic nitrogens is 2. The minimum atomic E-state index is -1.03. The zero-order chi connectivity index (χ0) is 18.1. The van der Waals surface area contributed by atoms with Gasteiger partial charge in [-0.3, -0.25) is 9.36 Å². The molecule has 1 aromatic carbocycles. The van der Waals surface area contributed by atoms with Crippen molar-refractivity contribution in [1.29, 1.82) is 0 Å². The number of fused-ring (bicyclic) bond motifs is 1. The van der Waals surface area contributed by atoms with Crippen LogP contribution in [-0.2, 0) is 11.2 Å². The molecule has 5 nitrogen and oxygen atoms in total. The molecule has 1 atom stereocenters. The van der Waals surface area contributed by atoms with Crippen molar-refractivity contribution in [1.82, 2.24) is 9.55 Å². The third kappa shape index (κ3) is 3.09. The van der Waals surface area contributed by atoms with E-state index in [2.05, 4.69) is 4.98 Å². The van der Waals surface area contributed by atoms with E-state index in [0.717, 1.165) is 23.1 Å². The SMILES string of the molecule is CCCc1nc2scc(-c3ccc(C)cc3)c2c(=O)n1C(C)C(=O)O. The van der Waals surface area contributed by atoms with Gasteiger partial charge in [-0.2, -0.15) is 0 Å². The van der Waals surface area contributed by atoms with Gasteiger partial charge in [0.2, 0.25) is 0 Å². The number of carbonyl (C=O) groups is 1. The number of benzene rings is 1. The molecule has 0 saturated heterocycles. The van der Waals surface area contributed by atoms with Gasteiger partial charge < -0.3 is 5.11 Å². The van der Waals surface area contributed by atoms with Gasteiger partial charge in [0.25, 0.3) is 5.56 Å². The van der Waals surface area contributed by atoms with Crippen LogP contribution in [0.5, 0.6) is 0 Å². The summed E-state index contributed by atoms with van der Waals surface area (Å²) in [7, 11) is 0. The second-order valence-corrected chi connectivity index (χ2v) is 7.02. The number of nitrogens with zero attached hydrogens (tertiary/aromatic N) is 2. The molecule has 0 spiro atoms. The van der Waals surface area contributed by atoms with Crippen LogP contribution >= 0.6 is 11.3 Å². The molecule has 25 heavy (non-hydrogen) atoms. The predicted molar refractivity (Wildman–Crippen MR) is 100 cm³/mol. The summed E-state index contributed by atoms with van der Waals surface area (Å²) >= 11 is 1.42. The van der Waals surface area contributed by atoms with Gasteiger partial charge in [-0.05, 0) is 25.8 Å². The van der Waals surface area contributed by atoms with E-state index in [0.29, 0.717) is 22.5 Å². The first-order valence-electron chi connectivity index (χ1n) is 8.26. The van der Waals surface area contributed by atoms with Gasteiger partial charge >= 0.3 is 5.97 Å². The molecule has 0 aliphatic heterocycles. The van der Waals surface area contributed by atoms with E-state index >= 15 is 0 Å². The molecule has 1 N–H and O–H groups in total. The van der Waals surface area contributed by atoms with E-state index < -0.39 is 12.0 Å². The van der Waals surface area contributed by atoms with Crippen LogP contribution in [-0.4, -0.2) is 20.6 Å². The Morgan fingerprint density at radius 2 is 2.00 bits per heavy atom. The minimum absolute atomic E-state index is 0.278. The molecule has 0 amide bonds. The average Bonchev–Trinajstić information content (AvgIpc) is 2.99. The largest absolute Gasteiger partial charge is 0.480 e. The monoisotopic (exact) mass is 356 g/mol. The lowest BCUT2D eigenvalue weighted by Gasteiger charge is -2.16. The highest BCUT2D eigenvalue weighted by atomic mass is 32.1. The lowest BCUT2D eigenvalue weighted by Crippen LogP contribution is -2.31. The second kappa shape index (κ2) is 6.80. The third-order valence-electron chi connectivity index (χ3n) is 4.29. The molecule has 0 saturated carbocycles. The molecule has 1 unspecified atom stereocenters. The summed E-state index contributed by atoms with van der Waals surface area (Å²) in [6.07, 6.45) is 1.36. The van der Waals surface area contributed by atoms with Gasteiger partial charge in [-0.15, -0.1) is 11.3 Å². The van der Waals surface area contributed by atoms with Gasteiger partial charge in [-0.25, -0.2) is 9.78 Å². The number of aryl methyl sites for hydroxylation is 2. The molecule has 0 radical (unpaired) electrons. The molecule has 0 bridgehead atoms. The van der Waals surface area contributed by atoms with Crippen LogP contribution in [0.25, 0.3) is 21.3 Å². The second-order valence-electron chi connectivity index (χ2n) is 6.16. The predicted octanol–water partition coefficient (Wildman–Crippen LogP) is 4.03. The van der Waals surface area contributed by atoms with Crippen LogP contribution in [0, 0.1) is 6.92 Å². The zero-order valence-electron chi connectivity index (χ0n) is 14.4. The Hall–Kier alpha value is -2.47. The molecule has 3 rings (SSSR count). The van der Waals surface area contributed by atoms with Gasteiger partial charge in [0.15, 0.2) is 0 Å². The van der Waals surface area contributed by atoms with Gasteiger partial charge in [0, 0.05) is 17.4 Å². The number of carboxylic acids is 1. The topological polar surface area (TPSA) is 72.2 Å². The van der Waals surface area contributed by atoms with Crippen molar-refractivity contribution in [3.05, 3.63) is 51.4 Å². The molecule has 0 aliphatic carbocycles. The van der Waals surface area contributed by atoms with Crippen molar-refractivity contribution in [2.45, 2.75) is 39.7 Å². The highest BCUT2D eigenvalue weighted by Gasteiger charge is 2.23. The molecule has 2 aromatic heterocycles. The number of hydrogen-bond acceptors (Lipinski definition) is 4. The number of aliphatic carboxylic acids is 1. The Balaban J connectivity index is 2.30. The van der Waals surface area contributed by atoms with Crippen molar-refractivity contribution in [2.75, 3.05) is 0 Å². The smallest absolute Gasteiger partial charge is 0.326 e. The van der Waals surface area contributed by atoms with E-state index in [1.807, 2.05) is 43.5 Å².